The van der Waals surface area contributed by atoms with Gasteiger partial charge < -0.3 is 14.6 Å². The lowest BCUT2D eigenvalue weighted by molar-refractivity contribution is -0.139. The van der Waals surface area contributed by atoms with E-state index in [-0.39, 0.29) is 12.8 Å². The molecule has 0 saturated carbocycles. The molecule has 13 heavy (non-hydrogen) atoms. The number of carbonyl (C=O) groups is 1. The minimum Gasteiger partial charge on any atom is -0.462 e. The average molecular weight is 188 g/mol. The zero-order valence-electron chi connectivity index (χ0n) is 7.91. The van der Waals surface area contributed by atoms with Crippen molar-refractivity contribution in [2.45, 2.75) is 19.8 Å². The predicted molar refractivity (Wildman–Crippen MR) is 48.0 cm³/mol. The zero-order valence-corrected chi connectivity index (χ0v) is 7.91. The van der Waals surface area contributed by atoms with Crippen LogP contribution in [0.3, 0.4) is 0 Å². The van der Waals surface area contributed by atoms with Gasteiger partial charge in [0.25, 0.3) is 0 Å². The molecular formula is C9H16O4. The number of rotatable bonds is 7. The standard InChI is InChI=1S/C9H16O4/c1-8(2)9(11)13-6-4-3-5-12-7-10/h10H,1,3-7H2,2H3. The van der Waals surface area contributed by atoms with E-state index in [1.165, 1.54) is 0 Å². The van der Waals surface area contributed by atoms with Crippen molar-refractivity contribution >= 4 is 5.97 Å². The quantitative estimate of drug-likeness (QED) is 0.278. The van der Waals surface area contributed by atoms with E-state index >= 15 is 0 Å². The van der Waals surface area contributed by atoms with Crippen LogP contribution in [0.5, 0.6) is 0 Å². The second kappa shape index (κ2) is 7.76. The first kappa shape index (κ1) is 12.1. The number of carbonyl (C=O) groups excluding carboxylic acids is 1. The van der Waals surface area contributed by atoms with Crippen molar-refractivity contribution in [3.8, 4) is 0 Å². The third-order valence-electron chi connectivity index (χ3n) is 1.36. The van der Waals surface area contributed by atoms with E-state index in [4.69, 9.17) is 9.84 Å². The van der Waals surface area contributed by atoms with E-state index in [0.29, 0.717) is 18.8 Å². The summed E-state index contributed by atoms with van der Waals surface area (Å²) in [6.07, 6.45) is 1.50. The van der Waals surface area contributed by atoms with Crippen LogP contribution in [0.15, 0.2) is 12.2 Å². The van der Waals surface area contributed by atoms with Crippen molar-refractivity contribution in [2.24, 2.45) is 0 Å². The van der Waals surface area contributed by atoms with Crippen LogP contribution < -0.4 is 0 Å². The molecule has 4 nitrogen and oxygen atoms in total. The van der Waals surface area contributed by atoms with Gasteiger partial charge in [0.1, 0.15) is 6.79 Å². The molecule has 0 saturated heterocycles. The number of hydrogen-bond donors (Lipinski definition) is 1. The molecule has 0 aromatic rings. The van der Waals surface area contributed by atoms with E-state index in [9.17, 15) is 4.79 Å². The molecule has 0 aliphatic heterocycles. The third kappa shape index (κ3) is 7.49. The lowest BCUT2D eigenvalue weighted by Crippen LogP contribution is -2.07. The maximum Gasteiger partial charge on any atom is 0.333 e. The molecule has 0 unspecified atom stereocenters. The normalized spacial score (nSPS) is 9.69. The highest BCUT2D eigenvalue weighted by Gasteiger charge is 2.01. The molecule has 4 heteroatoms. The van der Waals surface area contributed by atoms with Crippen LogP contribution in [0.25, 0.3) is 0 Å². The largest absolute Gasteiger partial charge is 0.462 e. The van der Waals surface area contributed by atoms with E-state index in [1.807, 2.05) is 0 Å². The fraction of sp³-hybridized carbons (Fsp3) is 0.667. The Hall–Kier alpha value is -0.870. The number of hydrogen-bond acceptors (Lipinski definition) is 4. The van der Waals surface area contributed by atoms with Crippen LogP contribution >= 0.6 is 0 Å². The highest BCUT2D eigenvalue weighted by Crippen LogP contribution is 1.95. The summed E-state index contributed by atoms with van der Waals surface area (Å²) in [7, 11) is 0. The summed E-state index contributed by atoms with van der Waals surface area (Å²) >= 11 is 0. The minimum absolute atomic E-state index is 0.258. The highest BCUT2D eigenvalue weighted by molar-refractivity contribution is 5.86. The van der Waals surface area contributed by atoms with Gasteiger partial charge >= 0.3 is 5.97 Å². The molecule has 0 rings (SSSR count). The third-order valence-corrected chi connectivity index (χ3v) is 1.36. The Morgan fingerprint density at radius 3 is 2.54 bits per heavy atom. The number of esters is 1. The average Bonchev–Trinajstić information content (AvgIpc) is 2.10. The SMILES string of the molecule is C=C(C)C(=O)OCCCCOCO. The van der Waals surface area contributed by atoms with Gasteiger partial charge in [0, 0.05) is 12.2 Å². The summed E-state index contributed by atoms with van der Waals surface area (Å²) in [4.78, 5) is 10.8. The minimum atomic E-state index is -0.358. The molecule has 0 amide bonds. The van der Waals surface area contributed by atoms with Gasteiger partial charge in [-0.2, -0.15) is 0 Å². The maximum absolute atomic E-state index is 10.8. The van der Waals surface area contributed by atoms with E-state index in [2.05, 4.69) is 11.3 Å². The highest BCUT2D eigenvalue weighted by atomic mass is 16.6. The van der Waals surface area contributed by atoms with E-state index in [0.717, 1.165) is 12.8 Å². The molecule has 0 aromatic carbocycles. The molecule has 0 aliphatic carbocycles. The lowest BCUT2D eigenvalue weighted by atomic mass is 10.3. The number of aliphatic hydroxyl groups is 1. The van der Waals surface area contributed by atoms with Gasteiger partial charge in [0.15, 0.2) is 0 Å². The Labute approximate surface area is 78.2 Å². The molecule has 0 atom stereocenters. The lowest BCUT2D eigenvalue weighted by Gasteiger charge is -2.03. The molecule has 0 bridgehead atoms. The smallest absolute Gasteiger partial charge is 0.333 e. The fourth-order valence-electron chi connectivity index (χ4n) is 0.659. The van der Waals surface area contributed by atoms with Crippen LogP contribution in [0.4, 0.5) is 0 Å². The van der Waals surface area contributed by atoms with Crippen molar-refractivity contribution in [3.05, 3.63) is 12.2 Å². The first-order valence-corrected chi connectivity index (χ1v) is 4.19. The van der Waals surface area contributed by atoms with Gasteiger partial charge in [0.2, 0.25) is 0 Å². The van der Waals surface area contributed by atoms with Crippen LogP contribution in [0.2, 0.25) is 0 Å². The van der Waals surface area contributed by atoms with Crippen molar-refractivity contribution < 1.29 is 19.4 Å². The van der Waals surface area contributed by atoms with Gasteiger partial charge in [0.05, 0.1) is 6.61 Å². The molecule has 0 radical (unpaired) electrons. The fourth-order valence-corrected chi connectivity index (χ4v) is 0.659. The second-order valence-electron chi connectivity index (χ2n) is 2.66. The van der Waals surface area contributed by atoms with Crippen LogP contribution in [-0.4, -0.2) is 31.1 Å². The van der Waals surface area contributed by atoms with Gasteiger partial charge in [-0.3, -0.25) is 0 Å². The summed E-state index contributed by atoms with van der Waals surface area (Å²) in [5, 5.41) is 8.26. The van der Waals surface area contributed by atoms with Gasteiger partial charge in [-0.25, -0.2) is 4.79 Å². The molecule has 1 N–H and O–H groups in total. The van der Waals surface area contributed by atoms with E-state index in [1.54, 1.807) is 6.92 Å². The maximum atomic E-state index is 10.8. The Kier molecular flexibility index (Phi) is 7.24. The topological polar surface area (TPSA) is 55.8 Å². The first-order valence-electron chi connectivity index (χ1n) is 4.19. The van der Waals surface area contributed by atoms with Crippen LogP contribution in [0, 0.1) is 0 Å². The Morgan fingerprint density at radius 2 is 2.00 bits per heavy atom. The van der Waals surface area contributed by atoms with Crippen molar-refractivity contribution in [1.29, 1.82) is 0 Å². The van der Waals surface area contributed by atoms with Crippen molar-refractivity contribution in [3.63, 3.8) is 0 Å². The summed E-state index contributed by atoms with van der Waals surface area (Å²) in [6, 6.07) is 0. The van der Waals surface area contributed by atoms with E-state index < -0.39 is 0 Å². The molecule has 0 aliphatic rings. The van der Waals surface area contributed by atoms with Gasteiger partial charge in [-0.05, 0) is 19.8 Å². The molecule has 0 fully saturated rings. The Morgan fingerprint density at radius 1 is 1.38 bits per heavy atom. The molecule has 0 spiro atoms. The molecule has 0 heterocycles. The summed E-state index contributed by atoms with van der Waals surface area (Å²) < 4.78 is 9.51. The molecular weight excluding hydrogens is 172 g/mol. The van der Waals surface area contributed by atoms with Crippen molar-refractivity contribution in [2.75, 3.05) is 20.0 Å². The zero-order chi connectivity index (χ0) is 10.1. The van der Waals surface area contributed by atoms with Gasteiger partial charge in [-0.15, -0.1) is 0 Å². The van der Waals surface area contributed by atoms with Gasteiger partial charge in [-0.1, -0.05) is 6.58 Å². The number of ether oxygens (including phenoxy) is 2. The van der Waals surface area contributed by atoms with Crippen molar-refractivity contribution in [1.82, 2.24) is 0 Å². The predicted octanol–water partition coefficient (Wildman–Crippen LogP) is 0.852. The number of unbranched alkanes of at least 4 members (excludes halogenated alkanes) is 1. The Bertz CT molecular complexity index is 165. The van der Waals surface area contributed by atoms with Crippen LogP contribution in [0.1, 0.15) is 19.8 Å². The molecule has 0 aromatic heterocycles. The first-order chi connectivity index (χ1) is 6.18. The molecule has 76 valence electrons. The summed E-state index contributed by atoms with van der Waals surface area (Å²) in [5.74, 6) is -0.358. The summed E-state index contributed by atoms with van der Waals surface area (Å²) in [6.45, 7) is 5.66. The monoisotopic (exact) mass is 188 g/mol. The Balaban J connectivity index is 3.16. The van der Waals surface area contributed by atoms with Crippen LogP contribution in [-0.2, 0) is 14.3 Å². The summed E-state index contributed by atoms with van der Waals surface area (Å²) in [5.41, 5.74) is 0.409. The second-order valence-corrected chi connectivity index (χ2v) is 2.66. The number of aliphatic hydroxyl groups excluding tert-OH is 1.